The van der Waals surface area contributed by atoms with E-state index in [0.717, 1.165) is 25.3 Å². The number of hydrogen-bond donors (Lipinski definition) is 1. The summed E-state index contributed by atoms with van der Waals surface area (Å²) in [6, 6.07) is -0.587. The van der Waals surface area contributed by atoms with Crippen LogP contribution < -0.4 is 5.32 Å². The van der Waals surface area contributed by atoms with Crippen LogP contribution in [0.1, 0.15) is 52.8 Å². The molecule has 1 fully saturated rings. The molecule has 0 aromatic carbocycles. The van der Waals surface area contributed by atoms with E-state index in [4.69, 9.17) is 4.74 Å². The Morgan fingerprint density at radius 2 is 2.07 bits per heavy atom. The Hall–Kier alpha value is -2.42. The first-order chi connectivity index (χ1) is 13.6. The molecule has 1 aliphatic rings. The summed E-state index contributed by atoms with van der Waals surface area (Å²) in [6.45, 7) is 9.03. The minimum atomic E-state index is -0.699. The first-order valence-electron chi connectivity index (χ1n) is 10.2. The Morgan fingerprint density at radius 3 is 2.66 bits per heavy atom. The van der Waals surface area contributed by atoms with E-state index in [2.05, 4.69) is 10.3 Å². The van der Waals surface area contributed by atoms with Gasteiger partial charge in [0.05, 0.1) is 6.54 Å². The van der Waals surface area contributed by atoms with E-state index in [-0.39, 0.29) is 18.4 Å². The predicted molar refractivity (Wildman–Crippen MR) is 107 cm³/mol. The van der Waals surface area contributed by atoms with Crippen LogP contribution in [0.4, 0.5) is 4.79 Å². The number of hydrogen-bond acceptors (Lipinski definition) is 5. The van der Waals surface area contributed by atoms with Crippen LogP contribution in [-0.2, 0) is 27.9 Å². The zero-order valence-electron chi connectivity index (χ0n) is 18.2. The molecule has 162 valence electrons. The number of aromatic nitrogens is 2. The number of aryl methyl sites for hydroxylation is 1. The molecule has 1 atom stereocenters. The number of amides is 3. The second-order valence-electron chi connectivity index (χ2n) is 8.43. The summed E-state index contributed by atoms with van der Waals surface area (Å²) >= 11 is 0. The number of nitrogens with two attached hydrogens (primary N) is 1. The first kappa shape index (κ1) is 22.9. The van der Waals surface area contributed by atoms with E-state index >= 15 is 0 Å². The zero-order valence-corrected chi connectivity index (χ0v) is 18.2. The van der Waals surface area contributed by atoms with E-state index in [1.54, 1.807) is 31.9 Å². The van der Waals surface area contributed by atoms with Gasteiger partial charge < -0.3 is 19.5 Å². The average molecular weight is 409 g/mol. The molecule has 1 aliphatic heterocycles. The average Bonchev–Trinajstić information content (AvgIpc) is 3.25. The molecule has 0 unspecified atom stereocenters. The molecule has 9 nitrogen and oxygen atoms in total. The van der Waals surface area contributed by atoms with Crippen LogP contribution in [-0.4, -0.2) is 68.5 Å². The standard InChI is InChI=1S/C20H33N5O4/c1-15(26)24-11-6-8-16(24)18(27)25(19(28)29-20(2,3)4)12-7-9-21-14-17-22-10-13-23(17)5/h10,13,16,21H,6-9,11-12,14H2,1-5H3/p+1/t16-/m0/s1. The highest BCUT2D eigenvalue weighted by Gasteiger charge is 2.38. The summed E-state index contributed by atoms with van der Waals surface area (Å²) in [5.74, 6) is 0.470. The van der Waals surface area contributed by atoms with Crippen molar-refractivity contribution in [2.75, 3.05) is 19.6 Å². The van der Waals surface area contributed by atoms with Crippen LogP contribution in [0.3, 0.4) is 0 Å². The number of quaternary nitrogens is 1. The zero-order chi connectivity index (χ0) is 21.6. The molecule has 0 spiro atoms. The van der Waals surface area contributed by atoms with E-state index in [1.807, 2.05) is 17.8 Å². The minimum absolute atomic E-state index is 0.145. The Labute approximate surface area is 172 Å². The summed E-state index contributed by atoms with van der Waals surface area (Å²) < 4.78 is 7.41. The lowest BCUT2D eigenvalue weighted by Gasteiger charge is -2.30. The van der Waals surface area contributed by atoms with Gasteiger partial charge in [-0.05, 0) is 33.6 Å². The predicted octanol–water partition coefficient (Wildman–Crippen LogP) is 0.648. The third-order valence-electron chi connectivity index (χ3n) is 4.86. The van der Waals surface area contributed by atoms with Crippen molar-refractivity contribution in [3.05, 3.63) is 18.2 Å². The van der Waals surface area contributed by atoms with Crippen molar-refractivity contribution >= 4 is 17.9 Å². The van der Waals surface area contributed by atoms with Crippen molar-refractivity contribution in [2.45, 2.75) is 65.1 Å². The summed E-state index contributed by atoms with van der Waals surface area (Å²) in [5.41, 5.74) is -0.699. The number of nitrogens with zero attached hydrogens (tertiary/aromatic N) is 4. The summed E-state index contributed by atoms with van der Waals surface area (Å²) in [7, 11) is 1.95. The molecule has 1 saturated heterocycles. The highest BCUT2D eigenvalue weighted by Crippen LogP contribution is 2.21. The van der Waals surface area contributed by atoms with Gasteiger partial charge in [0, 0.05) is 45.9 Å². The first-order valence-corrected chi connectivity index (χ1v) is 10.2. The molecule has 1 aromatic heterocycles. The van der Waals surface area contributed by atoms with Crippen molar-refractivity contribution in [2.24, 2.45) is 7.05 Å². The van der Waals surface area contributed by atoms with Gasteiger partial charge in [0.15, 0.2) is 5.82 Å². The Bertz CT molecular complexity index is 725. The molecule has 0 saturated carbocycles. The van der Waals surface area contributed by atoms with Gasteiger partial charge in [-0.1, -0.05) is 0 Å². The fourth-order valence-corrected chi connectivity index (χ4v) is 3.41. The van der Waals surface area contributed by atoms with E-state index in [0.29, 0.717) is 19.4 Å². The van der Waals surface area contributed by atoms with Crippen LogP contribution >= 0.6 is 0 Å². The lowest BCUT2D eigenvalue weighted by Crippen LogP contribution is -2.83. The third kappa shape index (κ3) is 6.56. The van der Waals surface area contributed by atoms with Gasteiger partial charge >= 0.3 is 6.09 Å². The topological polar surface area (TPSA) is 101 Å². The van der Waals surface area contributed by atoms with Crippen LogP contribution in [0.2, 0.25) is 0 Å². The molecule has 3 amide bonds. The van der Waals surface area contributed by atoms with Crippen molar-refractivity contribution in [1.82, 2.24) is 19.4 Å². The lowest BCUT2D eigenvalue weighted by molar-refractivity contribution is -0.672. The third-order valence-corrected chi connectivity index (χ3v) is 4.86. The quantitative estimate of drug-likeness (QED) is 0.668. The number of imidazole rings is 1. The van der Waals surface area contributed by atoms with Crippen molar-refractivity contribution in [3.63, 3.8) is 0 Å². The largest absolute Gasteiger partial charge is 0.443 e. The summed E-state index contributed by atoms with van der Waals surface area (Å²) in [5, 5.41) is 2.09. The molecule has 29 heavy (non-hydrogen) atoms. The molecule has 1 aromatic rings. The highest BCUT2D eigenvalue weighted by atomic mass is 16.6. The van der Waals surface area contributed by atoms with Gasteiger partial charge in [0.1, 0.15) is 18.2 Å². The van der Waals surface area contributed by atoms with E-state index in [9.17, 15) is 14.4 Å². The van der Waals surface area contributed by atoms with Crippen molar-refractivity contribution in [1.29, 1.82) is 0 Å². The lowest BCUT2D eigenvalue weighted by atomic mass is 10.2. The molecule has 9 heteroatoms. The normalized spacial score (nSPS) is 16.7. The molecule has 2 N–H and O–H groups in total. The molecule has 2 rings (SSSR count). The summed E-state index contributed by atoms with van der Waals surface area (Å²) in [4.78, 5) is 44.6. The number of likely N-dealkylation sites (tertiary alicyclic amines) is 1. The molecular weight excluding hydrogens is 374 g/mol. The number of imide groups is 1. The van der Waals surface area contributed by atoms with Gasteiger partial charge in [-0.3, -0.25) is 9.59 Å². The van der Waals surface area contributed by atoms with Gasteiger partial charge in [-0.15, -0.1) is 0 Å². The van der Waals surface area contributed by atoms with Crippen LogP contribution in [0.25, 0.3) is 0 Å². The second kappa shape index (κ2) is 9.87. The Balaban J connectivity index is 1.97. The number of carbonyl (C=O) groups is 3. The molecule has 0 radical (unpaired) electrons. The maximum Gasteiger partial charge on any atom is 0.417 e. The molecular formula is C20H34N5O4+. The maximum atomic E-state index is 13.1. The van der Waals surface area contributed by atoms with Crippen LogP contribution in [0.5, 0.6) is 0 Å². The highest BCUT2D eigenvalue weighted by molar-refractivity contribution is 5.97. The smallest absolute Gasteiger partial charge is 0.417 e. The van der Waals surface area contributed by atoms with Crippen LogP contribution in [0.15, 0.2) is 12.4 Å². The van der Waals surface area contributed by atoms with Gasteiger partial charge in [-0.25, -0.2) is 14.7 Å². The fourth-order valence-electron chi connectivity index (χ4n) is 3.41. The Kier molecular flexibility index (Phi) is 7.78. The van der Waals surface area contributed by atoms with E-state index < -0.39 is 17.7 Å². The van der Waals surface area contributed by atoms with Gasteiger partial charge in [0.2, 0.25) is 5.91 Å². The Morgan fingerprint density at radius 1 is 1.34 bits per heavy atom. The number of carbonyl (C=O) groups excluding carboxylic acids is 3. The van der Waals surface area contributed by atoms with Crippen molar-refractivity contribution < 1.29 is 24.4 Å². The van der Waals surface area contributed by atoms with Crippen LogP contribution in [0, 0.1) is 0 Å². The minimum Gasteiger partial charge on any atom is -0.443 e. The van der Waals surface area contributed by atoms with E-state index in [1.165, 1.54) is 11.8 Å². The van der Waals surface area contributed by atoms with Gasteiger partial charge in [0.25, 0.3) is 5.91 Å². The molecule has 0 aliphatic carbocycles. The SMILES string of the molecule is CC(=O)N1CCC[C@H]1C(=O)N(CCC[NH2+]Cc1nccn1C)C(=O)OC(C)(C)C. The second-order valence-corrected chi connectivity index (χ2v) is 8.43. The molecule has 2 heterocycles. The fraction of sp³-hybridized carbons (Fsp3) is 0.700. The number of rotatable bonds is 7. The van der Waals surface area contributed by atoms with Gasteiger partial charge in [-0.2, -0.15) is 0 Å². The summed E-state index contributed by atoms with van der Waals surface area (Å²) in [6.07, 6.45) is 4.96. The number of ether oxygens (including phenoxy) is 1. The van der Waals surface area contributed by atoms with Crippen molar-refractivity contribution in [3.8, 4) is 0 Å². The monoisotopic (exact) mass is 408 g/mol. The maximum absolute atomic E-state index is 13.1. The molecule has 0 bridgehead atoms.